The third-order valence-electron chi connectivity index (χ3n) is 7.12. The van der Waals surface area contributed by atoms with Crippen molar-refractivity contribution in [3.05, 3.63) is 103 Å². The van der Waals surface area contributed by atoms with Crippen molar-refractivity contribution in [2.75, 3.05) is 0 Å². The monoisotopic (exact) mass is 418 g/mol. The predicted molar refractivity (Wildman–Crippen MR) is 140 cm³/mol. The number of fused-ring (bicyclic) bond motifs is 5. The van der Waals surface area contributed by atoms with Gasteiger partial charge in [0.15, 0.2) is 0 Å². The standard InChI is InChI=1S/C31H18N2/c1-3-11-22-20(7-1)17-21-8-2-4-12-23(21)28(22)31-32-29-24-13-5-9-18-15-16-19-10-6-14-25(30(29)33-31)27(19)26(18)24/h1-17H,(H,32,33). The van der Waals surface area contributed by atoms with E-state index in [0.29, 0.717) is 0 Å². The predicted octanol–water partition coefficient (Wildman–Crippen LogP) is 8.43. The van der Waals surface area contributed by atoms with E-state index in [2.05, 4.69) is 108 Å². The Balaban J connectivity index is 1.61. The number of nitrogens with one attached hydrogen (secondary N) is 1. The first-order valence-corrected chi connectivity index (χ1v) is 11.3. The summed E-state index contributed by atoms with van der Waals surface area (Å²) in [5, 5.41) is 12.5. The van der Waals surface area contributed by atoms with Crippen molar-refractivity contribution < 1.29 is 0 Å². The van der Waals surface area contributed by atoms with Gasteiger partial charge in [0.1, 0.15) is 5.82 Å². The number of H-pyrrole nitrogens is 1. The SMILES string of the molecule is c1ccc2c(-c3nc4c5cccc6ccc7cccc(c4[nH]3)c7c65)c3ccccc3cc2c1. The van der Waals surface area contributed by atoms with Crippen molar-refractivity contribution >= 4 is 64.9 Å². The molecule has 0 amide bonds. The Kier molecular flexibility index (Phi) is 3.16. The second kappa shape index (κ2) is 6.08. The Morgan fingerprint density at radius 1 is 0.485 bits per heavy atom. The Bertz CT molecular complexity index is 1890. The van der Waals surface area contributed by atoms with Gasteiger partial charge < -0.3 is 4.98 Å². The molecule has 0 unspecified atom stereocenters. The number of benzene rings is 7. The molecular formula is C31H18N2. The van der Waals surface area contributed by atoms with Crippen LogP contribution in [-0.2, 0) is 0 Å². The maximum Gasteiger partial charge on any atom is 0.139 e. The molecule has 0 spiro atoms. The summed E-state index contributed by atoms with van der Waals surface area (Å²) in [6, 6.07) is 37.1. The molecule has 1 N–H and O–H groups in total. The second-order valence-corrected chi connectivity index (χ2v) is 8.88. The van der Waals surface area contributed by atoms with E-state index in [1.54, 1.807) is 0 Å². The molecule has 0 aliphatic heterocycles. The molecule has 33 heavy (non-hydrogen) atoms. The van der Waals surface area contributed by atoms with Crippen LogP contribution in [0.25, 0.3) is 76.3 Å². The highest BCUT2D eigenvalue weighted by molar-refractivity contribution is 6.32. The van der Waals surface area contributed by atoms with Gasteiger partial charge in [-0.25, -0.2) is 4.98 Å². The first kappa shape index (κ1) is 17.2. The minimum Gasteiger partial charge on any atom is -0.337 e. The third-order valence-corrected chi connectivity index (χ3v) is 7.12. The van der Waals surface area contributed by atoms with Crippen LogP contribution >= 0.6 is 0 Å². The van der Waals surface area contributed by atoms with Crippen molar-refractivity contribution in [3.8, 4) is 11.4 Å². The molecule has 8 rings (SSSR count). The lowest BCUT2D eigenvalue weighted by atomic mass is 9.93. The first-order chi connectivity index (χ1) is 16.4. The Morgan fingerprint density at radius 2 is 1.03 bits per heavy atom. The van der Waals surface area contributed by atoms with Gasteiger partial charge in [0, 0.05) is 16.3 Å². The zero-order valence-electron chi connectivity index (χ0n) is 17.8. The van der Waals surface area contributed by atoms with Gasteiger partial charge in [0.05, 0.1) is 11.0 Å². The summed E-state index contributed by atoms with van der Waals surface area (Å²) in [5.74, 6) is 0.926. The topological polar surface area (TPSA) is 28.7 Å². The number of nitrogens with zero attached hydrogens (tertiary/aromatic N) is 1. The number of aromatic amines is 1. The summed E-state index contributed by atoms with van der Waals surface area (Å²) < 4.78 is 0. The van der Waals surface area contributed by atoms with E-state index in [9.17, 15) is 0 Å². The number of hydrogen-bond donors (Lipinski definition) is 1. The van der Waals surface area contributed by atoms with Crippen LogP contribution in [0, 0.1) is 0 Å². The summed E-state index contributed by atoms with van der Waals surface area (Å²) in [6.45, 7) is 0. The van der Waals surface area contributed by atoms with E-state index in [4.69, 9.17) is 4.98 Å². The van der Waals surface area contributed by atoms with Crippen molar-refractivity contribution in [3.63, 3.8) is 0 Å². The molecule has 2 nitrogen and oxygen atoms in total. The van der Waals surface area contributed by atoms with E-state index in [0.717, 1.165) is 16.9 Å². The lowest BCUT2D eigenvalue weighted by Gasteiger charge is -2.11. The van der Waals surface area contributed by atoms with Crippen LogP contribution in [0.3, 0.4) is 0 Å². The molecule has 1 aromatic heterocycles. The van der Waals surface area contributed by atoms with Gasteiger partial charge in [0.25, 0.3) is 0 Å². The van der Waals surface area contributed by atoms with Gasteiger partial charge >= 0.3 is 0 Å². The number of hydrogen-bond acceptors (Lipinski definition) is 1. The van der Waals surface area contributed by atoms with Gasteiger partial charge in [-0.15, -0.1) is 0 Å². The van der Waals surface area contributed by atoms with Crippen LogP contribution < -0.4 is 0 Å². The molecule has 0 aliphatic rings. The molecule has 152 valence electrons. The Hall–Kier alpha value is -4.43. The Morgan fingerprint density at radius 3 is 1.73 bits per heavy atom. The molecule has 0 bridgehead atoms. The fourth-order valence-electron chi connectivity index (χ4n) is 5.71. The van der Waals surface area contributed by atoms with E-state index in [-0.39, 0.29) is 0 Å². The van der Waals surface area contributed by atoms with Gasteiger partial charge in [-0.2, -0.15) is 0 Å². The molecule has 7 aromatic carbocycles. The maximum absolute atomic E-state index is 5.28. The van der Waals surface area contributed by atoms with Gasteiger partial charge in [-0.05, 0) is 49.2 Å². The molecule has 0 radical (unpaired) electrons. The molecule has 8 aromatic rings. The van der Waals surface area contributed by atoms with Crippen LogP contribution in [0.1, 0.15) is 0 Å². The normalized spacial score (nSPS) is 12.2. The summed E-state index contributed by atoms with van der Waals surface area (Å²) >= 11 is 0. The molecule has 0 saturated carbocycles. The minimum atomic E-state index is 0.926. The van der Waals surface area contributed by atoms with Crippen LogP contribution in [-0.4, -0.2) is 9.97 Å². The summed E-state index contributed by atoms with van der Waals surface area (Å²) in [7, 11) is 0. The quantitative estimate of drug-likeness (QED) is 0.210. The van der Waals surface area contributed by atoms with Crippen LogP contribution in [0.5, 0.6) is 0 Å². The zero-order valence-corrected chi connectivity index (χ0v) is 17.8. The van der Waals surface area contributed by atoms with Crippen molar-refractivity contribution in [2.24, 2.45) is 0 Å². The summed E-state index contributed by atoms with van der Waals surface area (Å²) in [6.07, 6.45) is 0. The largest absolute Gasteiger partial charge is 0.337 e. The van der Waals surface area contributed by atoms with Gasteiger partial charge in [-0.3, -0.25) is 0 Å². The van der Waals surface area contributed by atoms with E-state index >= 15 is 0 Å². The van der Waals surface area contributed by atoms with E-state index in [1.165, 1.54) is 59.4 Å². The minimum absolute atomic E-state index is 0.926. The maximum atomic E-state index is 5.28. The lowest BCUT2D eigenvalue weighted by molar-refractivity contribution is 1.36. The Labute approximate surface area is 189 Å². The van der Waals surface area contributed by atoms with Crippen molar-refractivity contribution in [1.29, 1.82) is 0 Å². The summed E-state index contributed by atoms with van der Waals surface area (Å²) in [4.78, 5) is 9.04. The second-order valence-electron chi connectivity index (χ2n) is 8.88. The molecule has 0 atom stereocenters. The van der Waals surface area contributed by atoms with Gasteiger partial charge in [0.2, 0.25) is 0 Å². The molecular weight excluding hydrogens is 400 g/mol. The lowest BCUT2D eigenvalue weighted by Crippen LogP contribution is -1.87. The zero-order chi connectivity index (χ0) is 21.5. The fraction of sp³-hybridized carbons (Fsp3) is 0. The van der Waals surface area contributed by atoms with Crippen LogP contribution in [0.15, 0.2) is 103 Å². The summed E-state index contributed by atoms with van der Waals surface area (Å²) in [5.41, 5.74) is 3.32. The highest BCUT2D eigenvalue weighted by atomic mass is 14.9. The average Bonchev–Trinajstić information content (AvgIpc) is 3.32. The number of rotatable bonds is 1. The fourth-order valence-corrected chi connectivity index (χ4v) is 5.71. The molecule has 1 heterocycles. The van der Waals surface area contributed by atoms with Crippen molar-refractivity contribution in [1.82, 2.24) is 9.97 Å². The van der Waals surface area contributed by atoms with Crippen LogP contribution in [0.4, 0.5) is 0 Å². The van der Waals surface area contributed by atoms with E-state index < -0.39 is 0 Å². The number of imidazole rings is 1. The highest BCUT2D eigenvalue weighted by Crippen LogP contribution is 2.42. The first-order valence-electron chi connectivity index (χ1n) is 11.3. The smallest absolute Gasteiger partial charge is 0.139 e. The molecule has 0 saturated heterocycles. The van der Waals surface area contributed by atoms with Crippen LogP contribution in [0.2, 0.25) is 0 Å². The molecule has 0 aliphatic carbocycles. The van der Waals surface area contributed by atoms with Crippen molar-refractivity contribution in [2.45, 2.75) is 0 Å². The average molecular weight is 418 g/mol. The highest BCUT2D eigenvalue weighted by Gasteiger charge is 2.19. The number of aromatic nitrogens is 2. The third kappa shape index (κ3) is 2.20. The van der Waals surface area contributed by atoms with E-state index in [1.807, 2.05) is 0 Å². The molecule has 0 fully saturated rings. The molecule has 2 heteroatoms. The van der Waals surface area contributed by atoms with Gasteiger partial charge in [-0.1, -0.05) is 97.1 Å².